The van der Waals surface area contributed by atoms with E-state index in [9.17, 15) is 0 Å². The van der Waals surface area contributed by atoms with Gasteiger partial charge in [0.1, 0.15) is 0 Å². The molecule has 4 heteroatoms. The molecule has 1 aliphatic rings. The van der Waals surface area contributed by atoms with Gasteiger partial charge in [0.25, 0.3) is 0 Å². The normalized spacial score (nSPS) is 23.8. The first-order valence-corrected chi connectivity index (χ1v) is 6.13. The summed E-state index contributed by atoms with van der Waals surface area (Å²) in [6.45, 7) is 2.83. The number of hydrogen-bond donors (Lipinski definition) is 1. The summed E-state index contributed by atoms with van der Waals surface area (Å²) in [6.07, 6.45) is 2.47. The molecule has 1 fully saturated rings. The van der Waals surface area contributed by atoms with E-state index >= 15 is 0 Å². The number of para-hydroxylation sites is 2. The van der Waals surface area contributed by atoms with E-state index in [4.69, 9.17) is 10.5 Å². The minimum absolute atomic E-state index is 0.394. The fourth-order valence-corrected chi connectivity index (χ4v) is 2.57. The van der Waals surface area contributed by atoms with Gasteiger partial charge in [0, 0.05) is 12.6 Å². The highest BCUT2D eigenvalue weighted by Gasteiger charge is 2.32. The number of ether oxygens (including phenoxy) is 1. The van der Waals surface area contributed by atoms with E-state index in [2.05, 4.69) is 15.6 Å². The van der Waals surface area contributed by atoms with Crippen LogP contribution in [-0.2, 0) is 4.74 Å². The quantitative estimate of drug-likeness (QED) is 0.882. The number of nitrogens with two attached hydrogens (primary N) is 1. The molecule has 2 aromatic rings. The minimum atomic E-state index is 0.394. The smallest absolute Gasteiger partial charge is 0.201 e. The molecule has 1 aliphatic carbocycles. The molecule has 0 spiro atoms. The van der Waals surface area contributed by atoms with Crippen molar-refractivity contribution in [2.24, 2.45) is 0 Å². The summed E-state index contributed by atoms with van der Waals surface area (Å²) in [6, 6.07) is 8.54. The van der Waals surface area contributed by atoms with Crippen LogP contribution in [0.5, 0.6) is 0 Å². The molecule has 0 bridgehead atoms. The maximum atomic E-state index is 5.99. The number of fused-ring (bicyclic) bond motifs is 1. The van der Waals surface area contributed by atoms with Gasteiger partial charge in [-0.25, -0.2) is 4.98 Å². The predicted molar refractivity (Wildman–Crippen MR) is 67.8 cm³/mol. The Bertz CT molecular complexity index is 528. The molecular formula is C13H17N3O. The summed E-state index contributed by atoms with van der Waals surface area (Å²) in [5, 5.41) is 0. The first-order chi connectivity index (χ1) is 8.29. The fourth-order valence-electron chi connectivity index (χ4n) is 2.57. The van der Waals surface area contributed by atoms with E-state index in [1.807, 2.05) is 25.1 Å². The van der Waals surface area contributed by atoms with Crippen molar-refractivity contribution in [1.82, 2.24) is 9.55 Å². The van der Waals surface area contributed by atoms with Crippen molar-refractivity contribution in [1.29, 1.82) is 0 Å². The van der Waals surface area contributed by atoms with Crippen molar-refractivity contribution in [2.75, 3.05) is 12.3 Å². The third kappa shape index (κ3) is 1.69. The number of nitrogen functional groups attached to an aromatic ring is 1. The standard InChI is InChI=1S/C13H17N3O/c1-2-17-10-7-9(8-10)16-12-6-4-3-5-11(12)15-13(16)14/h3-6,9-10H,2,7-8H2,1H3,(H2,14,15). The van der Waals surface area contributed by atoms with Gasteiger partial charge in [0.2, 0.25) is 5.95 Å². The Morgan fingerprint density at radius 2 is 2.18 bits per heavy atom. The van der Waals surface area contributed by atoms with E-state index in [1.165, 1.54) is 0 Å². The SMILES string of the molecule is CCOC1CC(n2c(N)nc3ccccc32)C1. The summed E-state index contributed by atoms with van der Waals surface area (Å²) in [5.74, 6) is 0.617. The molecule has 0 atom stereocenters. The highest BCUT2D eigenvalue weighted by Crippen LogP contribution is 2.38. The lowest BCUT2D eigenvalue weighted by Crippen LogP contribution is -2.33. The zero-order valence-electron chi connectivity index (χ0n) is 9.97. The number of rotatable bonds is 3. The fraction of sp³-hybridized carbons (Fsp3) is 0.462. The number of aromatic nitrogens is 2. The van der Waals surface area contributed by atoms with Crippen molar-refractivity contribution in [3.05, 3.63) is 24.3 Å². The van der Waals surface area contributed by atoms with Crippen molar-refractivity contribution in [2.45, 2.75) is 31.9 Å². The Hall–Kier alpha value is -1.55. The molecule has 0 aliphatic heterocycles. The molecule has 90 valence electrons. The summed E-state index contributed by atoms with van der Waals surface area (Å²) < 4.78 is 7.73. The zero-order chi connectivity index (χ0) is 11.8. The molecule has 17 heavy (non-hydrogen) atoms. The second kappa shape index (κ2) is 4.04. The van der Waals surface area contributed by atoms with Gasteiger partial charge in [-0.1, -0.05) is 12.1 Å². The molecule has 0 amide bonds. The van der Waals surface area contributed by atoms with Crippen molar-refractivity contribution < 1.29 is 4.74 Å². The van der Waals surface area contributed by atoms with Gasteiger partial charge in [-0.3, -0.25) is 0 Å². The first kappa shape index (κ1) is 10.6. The van der Waals surface area contributed by atoms with Crippen LogP contribution in [0.4, 0.5) is 5.95 Å². The highest BCUT2D eigenvalue weighted by molar-refractivity contribution is 5.78. The van der Waals surface area contributed by atoms with E-state index in [-0.39, 0.29) is 0 Å². The Balaban J connectivity index is 1.89. The number of nitrogens with zero attached hydrogens (tertiary/aromatic N) is 2. The predicted octanol–water partition coefficient (Wildman–Crippen LogP) is 2.36. The summed E-state index contributed by atoms with van der Waals surface area (Å²) in [4.78, 5) is 4.39. The maximum Gasteiger partial charge on any atom is 0.201 e. The van der Waals surface area contributed by atoms with Crippen molar-refractivity contribution in [3.8, 4) is 0 Å². The second-order valence-corrected chi connectivity index (χ2v) is 4.53. The van der Waals surface area contributed by atoms with Crippen LogP contribution in [0.25, 0.3) is 11.0 Å². The van der Waals surface area contributed by atoms with Crippen LogP contribution in [0.1, 0.15) is 25.8 Å². The van der Waals surface area contributed by atoms with Gasteiger partial charge in [0.05, 0.1) is 17.1 Å². The molecular weight excluding hydrogens is 214 g/mol. The van der Waals surface area contributed by atoms with Gasteiger partial charge >= 0.3 is 0 Å². The lowest BCUT2D eigenvalue weighted by atomic mass is 9.89. The number of anilines is 1. The molecule has 4 nitrogen and oxygen atoms in total. The van der Waals surface area contributed by atoms with Gasteiger partial charge in [-0.05, 0) is 31.9 Å². The zero-order valence-corrected chi connectivity index (χ0v) is 9.97. The molecule has 0 saturated heterocycles. The molecule has 1 aromatic carbocycles. The lowest BCUT2D eigenvalue weighted by Gasteiger charge is -2.36. The first-order valence-electron chi connectivity index (χ1n) is 6.13. The molecule has 0 radical (unpaired) electrons. The van der Waals surface area contributed by atoms with Crippen LogP contribution in [-0.4, -0.2) is 22.3 Å². The van der Waals surface area contributed by atoms with Gasteiger partial charge < -0.3 is 15.0 Å². The Morgan fingerprint density at radius 3 is 2.94 bits per heavy atom. The van der Waals surface area contributed by atoms with Crippen LogP contribution in [0.3, 0.4) is 0 Å². The molecule has 1 saturated carbocycles. The van der Waals surface area contributed by atoms with Crippen LogP contribution >= 0.6 is 0 Å². The topological polar surface area (TPSA) is 53.1 Å². The Morgan fingerprint density at radius 1 is 1.41 bits per heavy atom. The van der Waals surface area contributed by atoms with Crippen LogP contribution in [0, 0.1) is 0 Å². The molecule has 1 heterocycles. The number of hydrogen-bond acceptors (Lipinski definition) is 3. The van der Waals surface area contributed by atoms with E-state index in [0.29, 0.717) is 18.1 Å². The van der Waals surface area contributed by atoms with Crippen LogP contribution in [0.15, 0.2) is 24.3 Å². The Labute approximate surface area is 100 Å². The summed E-state index contributed by atoms with van der Waals surface area (Å²) in [7, 11) is 0. The monoisotopic (exact) mass is 231 g/mol. The molecule has 2 N–H and O–H groups in total. The van der Waals surface area contributed by atoms with Gasteiger partial charge in [-0.2, -0.15) is 0 Å². The van der Waals surface area contributed by atoms with Crippen LogP contribution < -0.4 is 5.73 Å². The van der Waals surface area contributed by atoms with E-state index in [1.54, 1.807) is 0 Å². The molecule has 3 rings (SSSR count). The van der Waals surface area contributed by atoms with Gasteiger partial charge in [-0.15, -0.1) is 0 Å². The van der Waals surface area contributed by atoms with Gasteiger partial charge in [0.15, 0.2) is 0 Å². The number of imidazole rings is 1. The van der Waals surface area contributed by atoms with Crippen molar-refractivity contribution in [3.63, 3.8) is 0 Å². The molecule has 0 unspecified atom stereocenters. The average Bonchev–Trinajstić information content (AvgIpc) is 2.59. The summed E-state index contributed by atoms with van der Waals surface area (Å²) >= 11 is 0. The highest BCUT2D eigenvalue weighted by atomic mass is 16.5. The molecule has 1 aromatic heterocycles. The van der Waals surface area contributed by atoms with Crippen molar-refractivity contribution >= 4 is 17.0 Å². The maximum absolute atomic E-state index is 5.99. The number of benzene rings is 1. The largest absolute Gasteiger partial charge is 0.378 e. The third-order valence-corrected chi connectivity index (χ3v) is 3.46. The summed E-state index contributed by atoms with van der Waals surface area (Å²) in [5.41, 5.74) is 8.10. The average molecular weight is 231 g/mol. The second-order valence-electron chi connectivity index (χ2n) is 4.53. The third-order valence-electron chi connectivity index (χ3n) is 3.46. The van der Waals surface area contributed by atoms with Crippen LogP contribution in [0.2, 0.25) is 0 Å². The minimum Gasteiger partial charge on any atom is -0.378 e. The lowest BCUT2D eigenvalue weighted by molar-refractivity contribution is -0.0181. The van der Waals surface area contributed by atoms with E-state index in [0.717, 1.165) is 30.5 Å². The Kier molecular flexibility index (Phi) is 2.52. The van der Waals surface area contributed by atoms with E-state index < -0.39 is 0 Å².